The van der Waals surface area contributed by atoms with Gasteiger partial charge in [-0.05, 0) is 37.1 Å². The lowest BCUT2D eigenvalue weighted by molar-refractivity contribution is 0.0913. The van der Waals surface area contributed by atoms with Crippen molar-refractivity contribution in [3.8, 4) is 0 Å². The van der Waals surface area contributed by atoms with Crippen LogP contribution < -0.4 is 4.72 Å². The molecule has 1 aromatic rings. The van der Waals surface area contributed by atoms with Crippen molar-refractivity contribution in [2.45, 2.75) is 18.2 Å². The van der Waals surface area contributed by atoms with Crippen molar-refractivity contribution in [1.82, 2.24) is 4.72 Å². The molecule has 0 aliphatic heterocycles. The van der Waals surface area contributed by atoms with Gasteiger partial charge in [0.15, 0.2) is 0 Å². The Kier molecular flexibility index (Phi) is 6.95. The van der Waals surface area contributed by atoms with Crippen LogP contribution in [0.2, 0.25) is 0 Å². The lowest BCUT2D eigenvalue weighted by Gasteiger charge is -2.08. The van der Waals surface area contributed by atoms with Crippen LogP contribution in [-0.2, 0) is 14.8 Å². The summed E-state index contributed by atoms with van der Waals surface area (Å²) in [4.78, 5) is 0.254. The molecular weight excluding hydrogens is 334 g/mol. The predicted octanol–water partition coefficient (Wildman–Crippen LogP) is 1.43. The van der Waals surface area contributed by atoms with Crippen molar-refractivity contribution in [3.63, 3.8) is 0 Å². The monoisotopic (exact) mass is 351 g/mol. The van der Waals surface area contributed by atoms with E-state index in [1.165, 1.54) is 0 Å². The first-order chi connectivity index (χ1) is 8.97. The fraction of sp³-hybridized carbons (Fsp3) is 0.500. The topological polar surface area (TPSA) is 75.6 Å². The molecule has 1 rings (SSSR count). The van der Waals surface area contributed by atoms with Gasteiger partial charge in [0, 0.05) is 17.6 Å². The molecular formula is C12H18BrNO4S. The van der Waals surface area contributed by atoms with Crippen molar-refractivity contribution in [1.29, 1.82) is 0 Å². The van der Waals surface area contributed by atoms with Gasteiger partial charge in [-0.1, -0.05) is 15.9 Å². The molecule has 0 radical (unpaired) electrons. The molecule has 108 valence electrons. The zero-order chi connectivity index (χ0) is 14.3. The van der Waals surface area contributed by atoms with E-state index in [4.69, 9.17) is 9.84 Å². The predicted molar refractivity (Wildman–Crippen MR) is 76.6 cm³/mol. The van der Waals surface area contributed by atoms with Crippen molar-refractivity contribution in [2.75, 3.05) is 26.4 Å². The molecule has 7 heteroatoms. The fourth-order valence-corrected chi connectivity index (χ4v) is 2.82. The van der Waals surface area contributed by atoms with Gasteiger partial charge in [-0.15, -0.1) is 0 Å². The molecule has 0 aromatic heterocycles. The second-order valence-corrected chi connectivity index (χ2v) is 6.62. The van der Waals surface area contributed by atoms with Crippen LogP contribution in [0, 0.1) is 6.92 Å². The molecule has 0 fully saturated rings. The van der Waals surface area contributed by atoms with Gasteiger partial charge in [0.2, 0.25) is 10.0 Å². The molecule has 0 saturated heterocycles. The number of nitrogens with one attached hydrogen (secondary N) is 1. The highest BCUT2D eigenvalue weighted by Crippen LogP contribution is 2.19. The maximum atomic E-state index is 12.0. The minimum Gasteiger partial charge on any atom is -0.394 e. The van der Waals surface area contributed by atoms with Crippen LogP contribution in [0.3, 0.4) is 0 Å². The quantitative estimate of drug-likeness (QED) is 0.694. The van der Waals surface area contributed by atoms with E-state index >= 15 is 0 Å². The van der Waals surface area contributed by atoms with Gasteiger partial charge in [0.25, 0.3) is 0 Å². The molecule has 2 N–H and O–H groups in total. The normalized spacial score (nSPS) is 11.7. The summed E-state index contributed by atoms with van der Waals surface area (Å²) < 4.78 is 32.4. The second kappa shape index (κ2) is 7.96. The molecule has 0 amide bonds. The van der Waals surface area contributed by atoms with Gasteiger partial charge >= 0.3 is 0 Å². The number of benzene rings is 1. The molecule has 0 aliphatic rings. The van der Waals surface area contributed by atoms with E-state index in [1.807, 2.05) is 6.92 Å². The fourth-order valence-electron chi connectivity index (χ4n) is 1.42. The van der Waals surface area contributed by atoms with E-state index in [0.717, 1.165) is 10.0 Å². The van der Waals surface area contributed by atoms with E-state index in [2.05, 4.69) is 20.7 Å². The molecule has 0 saturated carbocycles. The molecule has 0 heterocycles. The Balaban J connectivity index is 2.49. The standard InChI is InChI=1S/C12H18BrNO4S/c1-10-9-11(3-4-12(10)13)19(16,17)14-5-2-7-18-8-6-15/h3-4,9,14-15H,2,5-8H2,1H3. The summed E-state index contributed by atoms with van der Waals surface area (Å²) in [6, 6.07) is 4.89. The van der Waals surface area contributed by atoms with E-state index in [1.54, 1.807) is 18.2 Å². The largest absolute Gasteiger partial charge is 0.394 e. The second-order valence-electron chi connectivity index (χ2n) is 4.00. The number of ether oxygens (including phenoxy) is 1. The van der Waals surface area contributed by atoms with Crippen molar-refractivity contribution in [3.05, 3.63) is 28.2 Å². The van der Waals surface area contributed by atoms with Gasteiger partial charge in [0.05, 0.1) is 18.1 Å². The Morgan fingerprint density at radius 3 is 2.74 bits per heavy atom. The summed E-state index contributed by atoms with van der Waals surface area (Å²) in [5, 5.41) is 8.51. The first kappa shape index (κ1) is 16.6. The average molecular weight is 352 g/mol. The lowest BCUT2D eigenvalue weighted by Crippen LogP contribution is -2.25. The summed E-state index contributed by atoms with van der Waals surface area (Å²) in [6.07, 6.45) is 0.564. The lowest BCUT2D eigenvalue weighted by atomic mass is 10.2. The van der Waals surface area contributed by atoms with E-state index in [0.29, 0.717) is 19.6 Å². The van der Waals surface area contributed by atoms with Gasteiger partial charge in [0.1, 0.15) is 0 Å². The van der Waals surface area contributed by atoms with Crippen LogP contribution in [0.25, 0.3) is 0 Å². The number of rotatable bonds is 8. The van der Waals surface area contributed by atoms with Crippen LogP contribution in [0.4, 0.5) is 0 Å². The first-order valence-electron chi connectivity index (χ1n) is 5.92. The summed E-state index contributed by atoms with van der Waals surface area (Å²) in [5.41, 5.74) is 0.870. The summed E-state index contributed by atoms with van der Waals surface area (Å²) >= 11 is 3.33. The number of aliphatic hydroxyl groups excluding tert-OH is 1. The molecule has 5 nitrogen and oxygen atoms in total. The van der Waals surface area contributed by atoms with Crippen LogP contribution in [0.15, 0.2) is 27.6 Å². The summed E-state index contributed by atoms with van der Waals surface area (Å²) in [5.74, 6) is 0. The van der Waals surface area contributed by atoms with Gasteiger partial charge in [-0.3, -0.25) is 0 Å². The smallest absolute Gasteiger partial charge is 0.240 e. The number of halogens is 1. The van der Waals surface area contributed by atoms with E-state index in [-0.39, 0.29) is 18.1 Å². The molecule has 0 spiro atoms. The average Bonchev–Trinajstić information content (AvgIpc) is 2.36. The van der Waals surface area contributed by atoms with Gasteiger partial charge in [-0.25, -0.2) is 13.1 Å². The van der Waals surface area contributed by atoms with Crippen LogP contribution in [0.5, 0.6) is 0 Å². The third kappa shape index (κ3) is 5.58. The van der Waals surface area contributed by atoms with Gasteiger partial charge in [-0.2, -0.15) is 0 Å². The maximum absolute atomic E-state index is 12.0. The Labute approximate surface area is 122 Å². The molecule has 0 atom stereocenters. The van der Waals surface area contributed by atoms with Crippen molar-refractivity contribution >= 4 is 26.0 Å². The zero-order valence-corrected chi connectivity index (χ0v) is 13.1. The number of aryl methyl sites for hydroxylation is 1. The molecule has 1 aromatic carbocycles. The van der Waals surface area contributed by atoms with Crippen molar-refractivity contribution in [2.24, 2.45) is 0 Å². The number of hydrogen-bond donors (Lipinski definition) is 2. The Bertz CT molecular complexity index is 504. The van der Waals surface area contributed by atoms with Crippen molar-refractivity contribution < 1.29 is 18.3 Å². The highest BCUT2D eigenvalue weighted by Gasteiger charge is 2.13. The Morgan fingerprint density at radius 1 is 1.37 bits per heavy atom. The number of sulfonamides is 1. The number of aliphatic hydroxyl groups is 1. The summed E-state index contributed by atoms with van der Waals surface area (Å²) in [6.45, 7) is 2.82. The number of hydrogen-bond acceptors (Lipinski definition) is 4. The molecule has 0 bridgehead atoms. The van der Waals surface area contributed by atoms with Gasteiger partial charge < -0.3 is 9.84 Å². The maximum Gasteiger partial charge on any atom is 0.240 e. The third-order valence-corrected chi connectivity index (χ3v) is 4.78. The molecule has 19 heavy (non-hydrogen) atoms. The Morgan fingerprint density at radius 2 is 2.11 bits per heavy atom. The highest BCUT2D eigenvalue weighted by molar-refractivity contribution is 9.10. The zero-order valence-electron chi connectivity index (χ0n) is 10.7. The van der Waals surface area contributed by atoms with Crippen LogP contribution >= 0.6 is 15.9 Å². The minimum absolute atomic E-state index is 0.0239. The highest BCUT2D eigenvalue weighted by atomic mass is 79.9. The van der Waals surface area contributed by atoms with E-state index < -0.39 is 10.0 Å². The van der Waals surface area contributed by atoms with Crippen LogP contribution in [-0.4, -0.2) is 39.9 Å². The first-order valence-corrected chi connectivity index (χ1v) is 8.19. The van der Waals surface area contributed by atoms with Crippen LogP contribution in [0.1, 0.15) is 12.0 Å². The Hall–Kier alpha value is -0.470. The molecule has 0 unspecified atom stereocenters. The SMILES string of the molecule is Cc1cc(S(=O)(=O)NCCCOCCO)ccc1Br. The third-order valence-electron chi connectivity index (χ3n) is 2.43. The van der Waals surface area contributed by atoms with E-state index in [9.17, 15) is 8.42 Å². The molecule has 0 aliphatic carbocycles. The summed E-state index contributed by atoms with van der Waals surface area (Å²) in [7, 11) is -3.47. The minimum atomic E-state index is -3.47.